The summed E-state index contributed by atoms with van der Waals surface area (Å²) in [6.45, 7) is 2.48. The third-order valence-electron chi connectivity index (χ3n) is 3.08. The highest BCUT2D eigenvalue weighted by Gasteiger charge is 2.26. The number of nitrogens with zero attached hydrogens (tertiary/aromatic N) is 1. The normalized spacial score (nSPS) is 18.1. The molecule has 0 N–H and O–H groups in total. The van der Waals surface area contributed by atoms with Crippen LogP contribution in [0.4, 0.5) is 0 Å². The minimum Gasteiger partial charge on any atom is -0.465 e. The Morgan fingerprint density at radius 1 is 1.58 bits per heavy atom. The number of carbonyl (C=O) groups is 2. The van der Waals surface area contributed by atoms with Gasteiger partial charge in [0.1, 0.15) is 4.88 Å². The number of rotatable bonds is 2. The van der Waals surface area contributed by atoms with Crippen molar-refractivity contribution in [1.29, 1.82) is 0 Å². The molecule has 1 aliphatic rings. The highest BCUT2D eigenvalue weighted by atomic mass is 32.1. The van der Waals surface area contributed by atoms with Crippen molar-refractivity contribution in [3.63, 3.8) is 0 Å². The maximum atomic E-state index is 11.6. The van der Waals surface area contributed by atoms with Gasteiger partial charge in [0.25, 0.3) is 0 Å². The molecule has 1 atom stereocenters. The zero-order chi connectivity index (χ0) is 13.8. The van der Waals surface area contributed by atoms with Gasteiger partial charge < -0.3 is 9.64 Å². The molecular formula is C14H15NO3S. The van der Waals surface area contributed by atoms with Crippen LogP contribution in [0.3, 0.4) is 0 Å². The Labute approximate surface area is 116 Å². The van der Waals surface area contributed by atoms with Crippen LogP contribution in [0.1, 0.15) is 34.3 Å². The van der Waals surface area contributed by atoms with Gasteiger partial charge in [-0.3, -0.25) is 4.79 Å². The van der Waals surface area contributed by atoms with Crippen molar-refractivity contribution < 1.29 is 14.3 Å². The average Bonchev–Trinajstić information content (AvgIpc) is 2.99. The van der Waals surface area contributed by atoms with Gasteiger partial charge in [-0.1, -0.05) is 11.8 Å². The van der Waals surface area contributed by atoms with E-state index >= 15 is 0 Å². The number of amides is 1. The summed E-state index contributed by atoms with van der Waals surface area (Å²) >= 11 is 1.30. The smallest absolute Gasteiger partial charge is 0.348 e. The van der Waals surface area contributed by atoms with Gasteiger partial charge >= 0.3 is 5.97 Å². The number of carbonyl (C=O) groups excluding carboxylic acids is 2. The highest BCUT2D eigenvalue weighted by Crippen LogP contribution is 2.18. The Morgan fingerprint density at radius 2 is 2.37 bits per heavy atom. The van der Waals surface area contributed by atoms with E-state index in [9.17, 15) is 9.59 Å². The first-order valence-corrected chi connectivity index (χ1v) is 6.90. The molecule has 2 heterocycles. The molecule has 0 aliphatic carbocycles. The van der Waals surface area contributed by atoms with Crippen molar-refractivity contribution in [1.82, 2.24) is 4.90 Å². The van der Waals surface area contributed by atoms with Gasteiger partial charge in [0, 0.05) is 12.5 Å². The maximum absolute atomic E-state index is 11.6. The number of hydrogen-bond acceptors (Lipinski definition) is 4. The van der Waals surface area contributed by atoms with E-state index in [-0.39, 0.29) is 17.9 Å². The lowest BCUT2D eigenvalue weighted by atomic mass is 10.2. The number of methoxy groups -OCH3 is 1. The molecule has 0 spiro atoms. The monoisotopic (exact) mass is 277 g/mol. The standard InChI is InChI=1S/C14H15NO3S/c1-10-5-8-13(16)15(10)9-3-4-11-6-7-12(19-11)14(17)18-2/h6-7,10H,5,8-9H2,1-2H3/t10-/m0/s1. The third kappa shape index (κ3) is 3.15. The summed E-state index contributed by atoms with van der Waals surface area (Å²) in [5, 5.41) is 0. The van der Waals surface area contributed by atoms with Crippen molar-refractivity contribution in [3.05, 3.63) is 21.9 Å². The molecule has 0 radical (unpaired) electrons. The van der Waals surface area contributed by atoms with Crippen LogP contribution in [0.15, 0.2) is 12.1 Å². The van der Waals surface area contributed by atoms with Gasteiger partial charge in [0.15, 0.2) is 0 Å². The van der Waals surface area contributed by atoms with Gasteiger partial charge in [0.05, 0.1) is 18.5 Å². The molecule has 1 amide bonds. The van der Waals surface area contributed by atoms with E-state index in [4.69, 9.17) is 0 Å². The Bertz CT molecular complexity index is 553. The molecule has 1 aromatic rings. The van der Waals surface area contributed by atoms with Crippen LogP contribution in [0.5, 0.6) is 0 Å². The minimum atomic E-state index is -0.346. The topological polar surface area (TPSA) is 46.6 Å². The lowest BCUT2D eigenvalue weighted by Gasteiger charge is -2.17. The highest BCUT2D eigenvalue weighted by molar-refractivity contribution is 7.14. The summed E-state index contributed by atoms with van der Waals surface area (Å²) in [7, 11) is 1.35. The Hall–Kier alpha value is -1.80. The van der Waals surface area contributed by atoms with Gasteiger partial charge in [-0.2, -0.15) is 0 Å². The zero-order valence-corrected chi connectivity index (χ0v) is 11.8. The maximum Gasteiger partial charge on any atom is 0.348 e. The molecular weight excluding hydrogens is 262 g/mol. The molecule has 19 heavy (non-hydrogen) atoms. The molecule has 2 rings (SSSR count). The van der Waals surface area contributed by atoms with E-state index in [1.807, 2.05) is 6.92 Å². The van der Waals surface area contributed by atoms with Crippen molar-refractivity contribution >= 4 is 23.2 Å². The largest absolute Gasteiger partial charge is 0.465 e. The molecule has 1 saturated heterocycles. The van der Waals surface area contributed by atoms with Crippen LogP contribution in [-0.4, -0.2) is 36.5 Å². The van der Waals surface area contributed by atoms with Crippen molar-refractivity contribution in [2.45, 2.75) is 25.8 Å². The zero-order valence-electron chi connectivity index (χ0n) is 10.9. The molecule has 0 aromatic carbocycles. The van der Waals surface area contributed by atoms with Crippen LogP contribution < -0.4 is 0 Å². The summed E-state index contributed by atoms with van der Waals surface area (Å²) in [4.78, 5) is 26.0. The molecule has 0 saturated carbocycles. The first-order chi connectivity index (χ1) is 9.11. The lowest BCUT2D eigenvalue weighted by Crippen LogP contribution is -2.31. The SMILES string of the molecule is COC(=O)c1ccc(C#CCN2C(=O)CC[C@@H]2C)s1. The van der Waals surface area contributed by atoms with Crippen LogP contribution in [0, 0.1) is 11.8 Å². The molecule has 1 aromatic heterocycles. The number of ether oxygens (including phenoxy) is 1. The number of hydrogen-bond donors (Lipinski definition) is 0. The summed E-state index contributed by atoms with van der Waals surface area (Å²) in [5.41, 5.74) is 0. The van der Waals surface area contributed by atoms with Gasteiger partial charge in [-0.25, -0.2) is 4.79 Å². The van der Waals surface area contributed by atoms with E-state index in [1.54, 1.807) is 17.0 Å². The summed E-state index contributed by atoms with van der Waals surface area (Å²) in [5.74, 6) is 5.79. The molecule has 4 nitrogen and oxygen atoms in total. The predicted octanol–water partition coefficient (Wildman–Crippen LogP) is 1.90. The Kier molecular flexibility index (Phi) is 4.23. The van der Waals surface area contributed by atoms with Crippen molar-refractivity contribution in [3.8, 4) is 11.8 Å². The van der Waals surface area contributed by atoms with Gasteiger partial charge in [-0.05, 0) is 25.5 Å². The van der Waals surface area contributed by atoms with E-state index in [1.165, 1.54) is 18.4 Å². The van der Waals surface area contributed by atoms with Gasteiger partial charge in [-0.15, -0.1) is 11.3 Å². The first-order valence-electron chi connectivity index (χ1n) is 6.08. The van der Waals surface area contributed by atoms with E-state index in [0.29, 0.717) is 17.8 Å². The van der Waals surface area contributed by atoms with Gasteiger partial charge in [0.2, 0.25) is 5.91 Å². The summed E-state index contributed by atoms with van der Waals surface area (Å²) in [6.07, 6.45) is 1.53. The summed E-state index contributed by atoms with van der Waals surface area (Å²) < 4.78 is 4.63. The van der Waals surface area contributed by atoms with Crippen LogP contribution >= 0.6 is 11.3 Å². The molecule has 5 heteroatoms. The van der Waals surface area contributed by atoms with E-state index < -0.39 is 0 Å². The van der Waals surface area contributed by atoms with Crippen molar-refractivity contribution in [2.24, 2.45) is 0 Å². The number of esters is 1. The molecule has 0 unspecified atom stereocenters. The second-order valence-corrected chi connectivity index (χ2v) is 5.45. The fourth-order valence-electron chi connectivity index (χ4n) is 1.95. The molecule has 1 aliphatic heterocycles. The Balaban J connectivity index is 1.98. The second-order valence-electron chi connectivity index (χ2n) is 4.37. The van der Waals surface area contributed by atoms with Crippen LogP contribution in [-0.2, 0) is 9.53 Å². The van der Waals surface area contributed by atoms with Crippen molar-refractivity contribution in [2.75, 3.05) is 13.7 Å². The average molecular weight is 277 g/mol. The van der Waals surface area contributed by atoms with Crippen LogP contribution in [0.25, 0.3) is 0 Å². The van der Waals surface area contributed by atoms with E-state index in [0.717, 1.165) is 11.3 Å². The van der Waals surface area contributed by atoms with E-state index in [2.05, 4.69) is 16.6 Å². The van der Waals surface area contributed by atoms with Crippen LogP contribution in [0.2, 0.25) is 0 Å². The third-order valence-corrected chi connectivity index (χ3v) is 4.06. The minimum absolute atomic E-state index is 0.170. The molecule has 1 fully saturated rings. The molecule has 100 valence electrons. The second kappa shape index (κ2) is 5.89. The quantitative estimate of drug-likeness (QED) is 0.612. The predicted molar refractivity (Wildman–Crippen MR) is 72.9 cm³/mol. The Morgan fingerprint density at radius 3 is 3.00 bits per heavy atom. The fourth-order valence-corrected chi connectivity index (χ4v) is 2.75. The fraction of sp³-hybridized carbons (Fsp3) is 0.429. The molecule has 0 bridgehead atoms. The number of likely N-dealkylation sites (tertiary alicyclic amines) is 1. The lowest BCUT2D eigenvalue weighted by molar-refractivity contribution is -0.128. The first kappa shape index (κ1) is 13.6. The number of thiophene rings is 1. The summed E-state index contributed by atoms with van der Waals surface area (Å²) in [6, 6.07) is 3.76.